The second kappa shape index (κ2) is 4.11. The molecule has 2 rings (SSSR count). The Morgan fingerprint density at radius 3 is 3.07 bits per heavy atom. The van der Waals surface area contributed by atoms with Gasteiger partial charge >= 0.3 is 0 Å². The highest BCUT2D eigenvalue weighted by Crippen LogP contribution is 2.29. The summed E-state index contributed by atoms with van der Waals surface area (Å²) in [6.45, 7) is 4.12. The summed E-state index contributed by atoms with van der Waals surface area (Å²) >= 11 is 0. The molecular formula is C12H18N2O. The fourth-order valence-electron chi connectivity index (χ4n) is 2.06. The van der Waals surface area contributed by atoms with E-state index in [1.807, 2.05) is 6.07 Å². The van der Waals surface area contributed by atoms with E-state index in [2.05, 4.69) is 24.0 Å². The zero-order chi connectivity index (χ0) is 10.8. The predicted octanol–water partition coefficient (Wildman–Crippen LogP) is 1.67. The van der Waals surface area contributed by atoms with Crippen molar-refractivity contribution >= 4 is 11.4 Å². The zero-order valence-electron chi connectivity index (χ0n) is 9.36. The summed E-state index contributed by atoms with van der Waals surface area (Å²) in [5, 5.41) is 0. The smallest absolute Gasteiger partial charge is 0.0718 e. The van der Waals surface area contributed by atoms with Crippen LogP contribution in [0.15, 0.2) is 18.2 Å². The van der Waals surface area contributed by atoms with Gasteiger partial charge in [0.1, 0.15) is 0 Å². The molecular weight excluding hydrogens is 188 g/mol. The molecule has 3 heteroatoms. The monoisotopic (exact) mass is 206 g/mol. The first-order chi connectivity index (χ1) is 7.20. The second-order valence-electron chi connectivity index (χ2n) is 4.13. The largest absolute Gasteiger partial charge is 0.399 e. The zero-order valence-corrected chi connectivity index (χ0v) is 9.36. The number of nitrogen functional groups attached to an aromatic ring is 1. The fraction of sp³-hybridized carbons (Fsp3) is 0.500. The molecule has 1 aliphatic rings. The van der Waals surface area contributed by atoms with Crippen LogP contribution in [0.3, 0.4) is 0 Å². The number of benzene rings is 1. The van der Waals surface area contributed by atoms with Gasteiger partial charge in [0.05, 0.1) is 6.10 Å². The van der Waals surface area contributed by atoms with Gasteiger partial charge in [-0.2, -0.15) is 0 Å². The van der Waals surface area contributed by atoms with Gasteiger partial charge in [0.25, 0.3) is 0 Å². The minimum atomic E-state index is 0.272. The van der Waals surface area contributed by atoms with E-state index in [9.17, 15) is 0 Å². The molecule has 3 nitrogen and oxygen atoms in total. The van der Waals surface area contributed by atoms with Gasteiger partial charge in [0, 0.05) is 31.6 Å². The van der Waals surface area contributed by atoms with Crippen LogP contribution in [0.1, 0.15) is 12.5 Å². The van der Waals surface area contributed by atoms with E-state index in [0.717, 1.165) is 25.2 Å². The van der Waals surface area contributed by atoms with Crippen LogP contribution in [0.4, 0.5) is 11.4 Å². The van der Waals surface area contributed by atoms with Crippen LogP contribution in [0.2, 0.25) is 0 Å². The number of hydrogen-bond donors (Lipinski definition) is 1. The number of anilines is 2. The summed E-state index contributed by atoms with van der Waals surface area (Å²) in [5.74, 6) is 0. The number of methoxy groups -OCH3 is 1. The quantitative estimate of drug-likeness (QED) is 0.764. The molecule has 1 unspecified atom stereocenters. The van der Waals surface area contributed by atoms with Crippen LogP contribution in [0, 0.1) is 0 Å². The van der Waals surface area contributed by atoms with Gasteiger partial charge in [-0.15, -0.1) is 0 Å². The molecule has 1 aliphatic heterocycles. The Morgan fingerprint density at radius 1 is 1.53 bits per heavy atom. The Hall–Kier alpha value is -1.22. The summed E-state index contributed by atoms with van der Waals surface area (Å²) in [7, 11) is 1.75. The van der Waals surface area contributed by atoms with E-state index in [0.29, 0.717) is 0 Å². The van der Waals surface area contributed by atoms with Crippen molar-refractivity contribution in [2.24, 2.45) is 0 Å². The average Bonchev–Trinajstić information content (AvgIpc) is 2.60. The Bertz CT molecular complexity index is 351. The lowest BCUT2D eigenvalue weighted by Crippen LogP contribution is -2.30. The molecule has 0 saturated carbocycles. The molecule has 1 aromatic carbocycles. The highest BCUT2D eigenvalue weighted by atomic mass is 16.5. The van der Waals surface area contributed by atoms with Crippen LogP contribution < -0.4 is 10.6 Å². The van der Waals surface area contributed by atoms with Gasteiger partial charge in [-0.3, -0.25) is 0 Å². The van der Waals surface area contributed by atoms with Crippen molar-refractivity contribution in [2.45, 2.75) is 19.4 Å². The van der Waals surface area contributed by atoms with Crippen LogP contribution in [-0.4, -0.2) is 26.3 Å². The molecule has 0 aromatic heterocycles. The molecule has 0 fully saturated rings. The minimum absolute atomic E-state index is 0.272. The predicted molar refractivity (Wildman–Crippen MR) is 63.2 cm³/mol. The van der Waals surface area contributed by atoms with E-state index in [-0.39, 0.29) is 6.10 Å². The van der Waals surface area contributed by atoms with Crippen molar-refractivity contribution in [2.75, 3.05) is 30.8 Å². The van der Waals surface area contributed by atoms with Crippen molar-refractivity contribution in [3.8, 4) is 0 Å². The standard InChI is InChI=1S/C12H18N2O/c1-9(15-2)8-14-6-5-10-7-11(13)3-4-12(10)14/h3-4,7,9H,5-6,8,13H2,1-2H3. The first-order valence-electron chi connectivity index (χ1n) is 5.37. The fourth-order valence-corrected chi connectivity index (χ4v) is 2.06. The summed E-state index contributed by atoms with van der Waals surface area (Å²) in [6.07, 6.45) is 1.37. The van der Waals surface area contributed by atoms with Crippen molar-refractivity contribution in [3.63, 3.8) is 0 Å². The number of ether oxygens (including phenoxy) is 1. The first kappa shape index (κ1) is 10.3. The topological polar surface area (TPSA) is 38.5 Å². The lowest BCUT2D eigenvalue weighted by molar-refractivity contribution is 0.123. The SMILES string of the molecule is COC(C)CN1CCc2cc(N)ccc21. The van der Waals surface area contributed by atoms with E-state index < -0.39 is 0 Å². The van der Waals surface area contributed by atoms with Crippen LogP contribution >= 0.6 is 0 Å². The molecule has 0 spiro atoms. The molecule has 0 bridgehead atoms. The molecule has 0 saturated heterocycles. The maximum absolute atomic E-state index is 5.76. The van der Waals surface area contributed by atoms with Crippen LogP contribution in [0.25, 0.3) is 0 Å². The van der Waals surface area contributed by atoms with Gasteiger partial charge in [0.15, 0.2) is 0 Å². The van der Waals surface area contributed by atoms with Crippen molar-refractivity contribution < 1.29 is 4.74 Å². The third kappa shape index (κ3) is 2.07. The highest BCUT2D eigenvalue weighted by molar-refractivity contribution is 5.62. The van der Waals surface area contributed by atoms with Crippen LogP contribution in [0.5, 0.6) is 0 Å². The molecule has 0 radical (unpaired) electrons. The normalized spacial score (nSPS) is 16.5. The first-order valence-corrected chi connectivity index (χ1v) is 5.37. The Labute approximate surface area is 90.8 Å². The molecule has 2 N–H and O–H groups in total. The molecule has 82 valence electrons. The average molecular weight is 206 g/mol. The third-order valence-corrected chi connectivity index (χ3v) is 2.98. The van der Waals surface area contributed by atoms with E-state index >= 15 is 0 Å². The van der Waals surface area contributed by atoms with Gasteiger partial charge < -0.3 is 15.4 Å². The molecule has 1 aromatic rings. The van der Waals surface area contributed by atoms with Gasteiger partial charge in [0.2, 0.25) is 0 Å². The lowest BCUT2D eigenvalue weighted by atomic mass is 10.1. The molecule has 0 aliphatic carbocycles. The number of rotatable bonds is 3. The summed E-state index contributed by atoms with van der Waals surface area (Å²) in [5.41, 5.74) is 9.29. The molecule has 1 atom stereocenters. The van der Waals surface area contributed by atoms with E-state index in [1.165, 1.54) is 11.3 Å². The Balaban J connectivity index is 2.14. The van der Waals surface area contributed by atoms with Gasteiger partial charge in [-0.05, 0) is 37.1 Å². The van der Waals surface area contributed by atoms with Crippen LogP contribution in [-0.2, 0) is 11.2 Å². The highest BCUT2D eigenvalue weighted by Gasteiger charge is 2.20. The summed E-state index contributed by atoms with van der Waals surface area (Å²) in [4.78, 5) is 2.36. The third-order valence-electron chi connectivity index (χ3n) is 2.98. The van der Waals surface area contributed by atoms with Crippen molar-refractivity contribution in [1.82, 2.24) is 0 Å². The maximum atomic E-state index is 5.76. The second-order valence-corrected chi connectivity index (χ2v) is 4.13. The Morgan fingerprint density at radius 2 is 2.33 bits per heavy atom. The number of hydrogen-bond acceptors (Lipinski definition) is 3. The summed E-state index contributed by atoms with van der Waals surface area (Å²) in [6, 6.07) is 6.15. The minimum Gasteiger partial charge on any atom is -0.399 e. The number of fused-ring (bicyclic) bond motifs is 1. The van der Waals surface area contributed by atoms with E-state index in [1.54, 1.807) is 7.11 Å². The maximum Gasteiger partial charge on any atom is 0.0718 e. The van der Waals surface area contributed by atoms with Gasteiger partial charge in [-0.1, -0.05) is 0 Å². The van der Waals surface area contributed by atoms with Crippen molar-refractivity contribution in [3.05, 3.63) is 23.8 Å². The van der Waals surface area contributed by atoms with Crippen molar-refractivity contribution in [1.29, 1.82) is 0 Å². The van der Waals surface area contributed by atoms with E-state index in [4.69, 9.17) is 10.5 Å². The molecule has 1 heterocycles. The van der Waals surface area contributed by atoms with Gasteiger partial charge in [-0.25, -0.2) is 0 Å². The Kier molecular flexibility index (Phi) is 2.82. The number of nitrogens with two attached hydrogens (primary N) is 1. The molecule has 0 amide bonds. The lowest BCUT2D eigenvalue weighted by Gasteiger charge is -2.22. The number of nitrogens with zero attached hydrogens (tertiary/aromatic N) is 1. The summed E-state index contributed by atoms with van der Waals surface area (Å²) < 4.78 is 5.28. The molecule has 15 heavy (non-hydrogen) atoms.